The van der Waals surface area contributed by atoms with Crippen molar-refractivity contribution in [1.29, 1.82) is 0 Å². The van der Waals surface area contributed by atoms with Gasteiger partial charge < -0.3 is 15.0 Å². The second-order valence-electron chi connectivity index (χ2n) is 4.87. The van der Waals surface area contributed by atoms with Crippen LogP contribution >= 0.6 is 0 Å². The Bertz CT molecular complexity index is 612. The van der Waals surface area contributed by atoms with Gasteiger partial charge in [-0.3, -0.25) is 0 Å². The fourth-order valence-corrected chi connectivity index (χ4v) is 2.15. The standard InChI is InChI=1S/C14H19F3N4O/c1-3-5-6-18-12-9-7-10(21-13(9)20-8-19-12)11(22-4-2)14(15,16)17/h7-8,11H,3-6H2,1-2H3,(H2,18,19,20,21). The van der Waals surface area contributed by atoms with E-state index in [9.17, 15) is 13.2 Å². The van der Waals surface area contributed by atoms with E-state index in [0.717, 1.165) is 12.8 Å². The number of aromatic nitrogens is 3. The van der Waals surface area contributed by atoms with Crippen LogP contribution in [0.5, 0.6) is 0 Å². The highest BCUT2D eigenvalue weighted by Gasteiger charge is 2.42. The Labute approximate surface area is 126 Å². The van der Waals surface area contributed by atoms with Crippen molar-refractivity contribution in [2.75, 3.05) is 18.5 Å². The highest BCUT2D eigenvalue weighted by atomic mass is 19.4. The molecule has 2 aromatic heterocycles. The SMILES string of the molecule is CCCCNc1ncnc2[nH]c(C(OCC)C(F)(F)F)cc12. The number of unbranched alkanes of at least 4 members (excludes halogenated alkanes) is 1. The van der Waals surface area contributed by atoms with E-state index in [0.29, 0.717) is 23.4 Å². The van der Waals surface area contributed by atoms with E-state index in [1.54, 1.807) is 0 Å². The first-order valence-electron chi connectivity index (χ1n) is 7.23. The van der Waals surface area contributed by atoms with E-state index in [4.69, 9.17) is 4.74 Å². The molecule has 2 N–H and O–H groups in total. The first-order valence-corrected chi connectivity index (χ1v) is 7.23. The average molecular weight is 316 g/mol. The molecule has 0 aliphatic carbocycles. The molecule has 1 unspecified atom stereocenters. The van der Waals surface area contributed by atoms with Crippen molar-refractivity contribution in [3.8, 4) is 0 Å². The Hall–Kier alpha value is -1.83. The van der Waals surface area contributed by atoms with Crippen LogP contribution in [0.15, 0.2) is 12.4 Å². The zero-order chi connectivity index (χ0) is 16.2. The van der Waals surface area contributed by atoms with Crippen LogP contribution in [0.3, 0.4) is 0 Å². The lowest BCUT2D eigenvalue weighted by Gasteiger charge is -2.18. The van der Waals surface area contributed by atoms with Crippen molar-refractivity contribution in [2.45, 2.75) is 39.0 Å². The number of aromatic amines is 1. The van der Waals surface area contributed by atoms with Crippen molar-refractivity contribution < 1.29 is 17.9 Å². The summed E-state index contributed by atoms with van der Waals surface area (Å²) >= 11 is 0. The predicted molar refractivity (Wildman–Crippen MR) is 77.7 cm³/mol. The third-order valence-corrected chi connectivity index (χ3v) is 3.18. The first-order chi connectivity index (χ1) is 10.5. The highest BCUT2D eigenvalue weighted by molar-refractivity contribution is 5.87. The monoisotopic (exact) mass is 316 g/mol. The second kappa shape index (κ2) is 6.95. The van der Waals surface area contributed by atoms with E-state index < -0.39 is 12.3 Å². The van der Waals surface area contributed by atoms with Gasteiger partial charge >= 0.3 is 6.18 Å². The minimum absolute atomic E-state index is 0.0349. The van der Waals surface area contributed by atoms with Crippen molar-refractivity contribution in [2.24, 2.45) is 0 Å². The molecular weight excluding hydrogens is 297 g/mol. The Morgan fingerprint density at radius 1 is 1.32 bits per heavy atom. The van der Waals surface area contributed by atoms with Gasteiger partial charge in [0, 0.05) is 13.2 Å². The van der Waals surface area contributed by atoms with Gasteiger partial charge in [0.15, 0.2) is 6.10 Å². The molecule has 0 amide bonds. The van der Waals surface area contributed by atoms with Crippen molar-refractivity contribution in [3.63, 3.8) is 0 Å². The summed E-state index contributed by atoms with van der Waals surface area (Å²) in [4.78, 5) is 10.8. The van der Waals surface area contributed by atoms with E-state index in [-0.39, 0.29) is 12.3 Å². The van der Waals surface area contributed by atoms with Gasteiger partial charge in [-0.15, -0.1) is 0 Å². The van der Waals surface area contributed by atoms with E-state index >= 15 is 0 Å². The summed E-state index contributed by atoms with van der Waals surface area (Å²) in [5, 5.41) is 3.65. The number of fused-ring (bicyclic) bond motifs is 1. The number of halogens is 3. The molecule has 5 nitrogen and oxygen atoms in total. The van der Waals surface area contributed by atoms with Crippen LogP contribution in [-0.4, -0.2) is 34.3 Å². The number of alkyl halides is 3. The number of hydrogen-bond donors (Lipinski definition) is 2. The fourth-order valence-electron chi connectivity index (χ4n) is 2.15. The summed E-state index contributed by atoms with van der Waals surface area (Å²) in [5.74, 6) is 0.526. The Morgan fingerprint density at radius 2 is 2.09 bits per heavy atom. The molecule has 0 spiro atoms. The van der Waals surface area contributed by atoms with Crippen LogP contribution in [0.4, 0.5) is 19.0 Å². The third-order valence-electron chi connectivity index (χ3n) is 3.18. The average Bonchev–Trinajstić information content (AvgIpc) is 2.88. The number of rotatable bonds is 7. The summed E-state index contributed by atoms with van der Waals surface area (Å²) < 4.78 is 44.1. The van der Waals surface area contributed by atoms with Crippen molar-refractivity contribution in [3.05, 3.63) is 18.1 Å². The molecule has 0 aliphatic heterocycles. The van der Waals surface area contributed by atoms with Gasteiger partial charge in [-0.1, -0.05) is 13.3 Å². The lowest BCUT2D eigenvalue weighted by Crippen LogP contribution is -2.23. The van der Waals surface area contributed by atoms with Gasteiger partial charge in [0.25, 0.3) is 0 Å². The lowest BCUT2D eigenvalue weighted by atomic mass is 10.2. The molecule has 122 valence electrons. The minimum atomic E-state index is -4.49. The van der Waals surface area contributed by atoms with E-state index in [1.165, 1.54) is 19.3 Å². The van der Waals surface area contributed by atoms with E-state index in [1.807, 2.05) is 0 Å². The van der Waals surface area contributed by atoms with Crippen LogP contribution in [0.1, 0.15) is 38.5 Å². The molecule has 2 heterocycles. The fraction of sp³-hybridized carbons (Fsp3) is 0.571. The van der Waals surface area contributed by atoms with Gasteiger partial charge in [0.1, 0.15) is 17.8 Å². The number of hydrogen-bond acceptors (Lipinski definition) is 4. The Kier molecular flexibility index (Phi) is 5.23. The third kappa shape index (κ3) is 3.68. The molecule has 0 saturated heterocycles. The summed E-state index contributed by atoms with van der Waals surface area (Å²) in [6.45, 7) is 4.25. The number of nitrogens with zero attached hydrogens (tertiary/aromatic N) is 2. The molecule has 0 fully saturated rings. The van der Waals surface area contributed by atoms with Gasteiger partial charge in [-0.2, -0.15) is 13.2 Å². The van der Waals surface area contributed by atoms with Gasteiger partial charge in [-0.05, 0) is 19.4 Å². The van der Waals surface area contributed by atoms with Gasteiger partial charge in [0.05, 0.1) is 11.1 Å². The first kappa shape index (κ1) is 16.5. The molecular formula is C14H19F3N4O. The largest absolute Gasteiger partial charge is 0.420 e. The molecule has 8 heteroatoms. The maximum Gasteiger partial charge on any atom is 0.420 e. The number of nitrogens with one attached hydrogen (secondary N) is 2. The zero-order valence-corrected chi connectivity index (χ0v) is 12.5. The number of anilines is 1. The van der Waals surface area contributed by atoms with Crippen molar-refractivity contribution in [1.82, 2.24) is 15.0 Å². The topological polar surface area (TPSA) is 62.8 Å². The maximum absolute atomic E-state index is 13.1. The zero-order valence-electron chi connectivity index (χ0n) is 12.5. The molecule has 1 atom stereocenters. The molecule has 0 aromatic carbocycles. The molecule has 0 aliphatic rings. The molecule has 22 heavy (non-hydrogen) atoms. The van der Waals surface area contributed by atoms with Crippen molar-refractivity contribution >= 4 is 16.9 Å². The van der Waals surface area contributed by atoms with Crippen LogP contribution in [0, 0.1) is 0 Å². The Morgan fingerprint density at radius 3 is 2.73 bits per heavy atom. The van der Waals surface area contributed by atoms with Gasteiger partial charge in [-0.25, -0.2) is 9.97 Å². The normalized spacial score (nSPS) is 13.5. The van der Waals surface area contributed by atoms with Gasteiger partial charge in [0.2, 0.25) is 0 Å². The smallest absolute Gasteiger partial charge is 0.369 e. The lowest BCUT2D eigenvalue weighted by molar-refractivity contribution is -0.223. The summed E-state index contributed by atoms with van der Waals surface area (Å²) in [5.41, 5.74) is 0.293. The molecule has 2 rings (SSSR count). The molecule has 0 radical (unpaired) electrons. The van der Waals surface area contributed by atoms with Crippen LogP contribution in [-0.2, 0) is 4.74 Å². The minimum Gasteiger partial charge on any atom is -0.369 e. The molecule has 0 bridgehead atoms. The van der Waals surface area contributed by atoms with Crippen LogP contribution in [0.25, 0.3) is 11.0 Å². The molecule has 0 saturated carbocycles. The maximum atomic E-state index is 13.1. The predicted octanol–water partition coefficient (Wildman–Crippen LogP) is 3.81. The highest BCUT2D eigenvalue weighted by Crippen LogP contribution is 2.37. The number of H-pyrrole nitrogens is 1. The number of ether oxygens (including phenoxy) is 1. The second-order valence-corrected chi connectivity index (χ2v) is 4.87. The summed E-state index contributed by atoms with van der Waals surface area (Å²) in [6.07, 6.45) is -3.19. The Balaban J connectivity index is 2.34. The summed E-state index contributed by atoms with van der Waals surface area (Å²) in [7, 11) is 0. The summed E-state index contributed by atoms with van der Waals surface area (Å²) in [6, 6.07) is 1.40. The quantitative estimate of drug-likeness (QED) is 0.763. The van der Waals surface area contributed by atoms with E-state index in [2.05, 4.69) is 27.2 Å². The van der Waals surface area contributed by atoms with Crippen LogP contribution < -0.4 is 5.32 Å². The molecule has 2 aromatic rings. The van der Waals surface area contributed by atoms with Crippen LogP contribution in [0.2, 0.25) is 0 Å².